The second-order valence-corrected chi connectivity index (χ2v) is 6.03. The quantitative estimate of drug-likeness (QED) is 0.620. The maximum atomic E-state index is 12.5. The minimum Gasteiger partial charge on any atom is -0.493 e. The number of ether oxygens (including phenoxy) is 5. The Hall–Kier alpha value is -3.88. The molecule has 0 saturated heterocycles. The lowest BCUT2D eigenvalue weighted by molar-refractivity contribution is 0.0659. The molecule has 0 bridgehead atoms. The third-order valence-electron chi connectivity index (χ3n) is 4.60. The number of methoxy groups -OCH3 is 5. The average Bonchev–Trinajstić information content (AvgIpc) is 2.76. The number of benzene rings is 2. The molecule has 0 aliphatic rings. The summed E-state index contributed by atoms with van der Waals surface area (Å²) in [7, 11) is 7.17. The van der Waals surface area contributed by atoms with Gasteiger partial charge in [0.25, 0.3) is 0 Å². The van der Waals surface area contributed by atoms with Crippen molar-refractivity contribution in [3.8, 4) is 39.9 Å². The third kappa shape index (κ3) is 3.24. The van der Waals surface area contributed by atoms with Crippen molar-refractivity contribution in [2.45, 2.75) is 0 Å². The monoisotopic (exact) mass is 416 g/mol. The summed E-state index contributed by atoms with van der Waals surface area (Å²) in [6.45, 7) is 0. The molecule has 30 heavy (non-hydrogen) atoms. The van der Waals surface area contributed by atoms with E-state index in [1.807, 2.05) is 0 Å². The Bertz CT molecular complexity index is 1180. The Kier molecular flexibility index (Phi) is 5.72. The molecule has 0 saturated carbocycles. The molecule has 0 unspecified atom stereocenters. The summed E-state index contributed by atoms with van der Waals surface area (Å²) < 4.78 is 31.9. The van der Waals surface area contributed by atoms with Gasteiger partial charge in [0.1, 0.15) is 0 Å². The summed E-state index contributed by atoms with van der Waals surface area (Å²) in [4.78, 5) is 24.5. The van der Waals surface area contributed by atoms with Crippen molar-refractivity contribution in [2.24, 2.45) is 0 Å². The predicted octanol–water partition coefficient (Wildman–Crippen LogP) is 3.20. The van der Waals surface area contributed by atoms with Crippen molar-refractivity contribution in [1.29, 1.82) is 0 Å². The molecule has 1 N–H and O–H groups in total. The van der Waals surface area contributed by atoms with E-state index in [0.717, 1.165) is 0 Å². The molecule has 0 aliphatic carbocycles. The van der Waals surface area contributed by atoms with E-state index in [0.29, 0.717) is 22.8 Å². The standard InChI is InChI=1S/C21H20O9/c1-25-13-7-6-10(17(28-4)18(13)29-5)16-11-8-14(26-2)15(27-3)9-12(11)21(24)30-19(16)20(22)23/h6-9H,1-5H3,(H,22,23). The third-order valence-corrected chi connectivity index (χ3v) is 4.60. The zero-order valence-electron chi connectivity index (χ0n) is 17.0. The molecule has 3 rings (SSSR count). The number of carboxylic acid groups (broad SMARTS) is 1. The van der Waals surface area contributed by atoms with Gasteiger partial charge in [-0.15, -0.1) is 0 Å². The fraction of sp³-hybridized carbons (Fsp3) is 0.238. The molecule has 9 heteroatoms. The van der Waals surface area contributed by atoms with Crippen LogP contribution in [0.15, 0.2) is 33.5 Å². The van der Waals surface area contributed by atoms with Gasteiger partial charge in [0.15, 0.2) is 23.0 Å². The molecule has 0 radical (unpaired) electrons. The first-order valence-corrected chi connectivity index (χ1v) is 8.67. The van der Waals surface area contributed by atoms with Crippen molar-refractivity contribution >= 4 is 16.7 Å². The molecule has 0 fully saturated rings. The maximum absolute atomic E-state index is 12.5. The van der Waals surface area contributed by atoms with Crippen LogP contribution in [-0.4, -0.2) is 46.6 Å². The van der Waals surface area contributed by atoms with Crippen molar-refractivity contribution in [3.05, 3.63) is 40.4 Å². The lowest BCUT2D eigenvalue weighted by Gasteiger charge is -2.18. The molecule has 0 spiro atoms. The van der Waals surface area contributed by atoms with E-state index in [1.165, 1.54) is 47.7 Å². The van der Waals surface area contributed by atoms with E-state index < -0.39 is 17.4 Å². The van der Waals surface area contributed by atoms with Crippen LogP contribution in [0, 0.1) is 0 Å². The number of carbonyl (C=O) groups is 1. The molecular formula is C21H20O9. The smallest absolute Gasteiger partial charge is 0.372 e. The molecule has 3 aromatic rings. The van der Waals surface area contributed by atoms with Gasteiger partial charge in [-0.3, -0.25) is 0 Å². The molecule has 0 atom stereocenters. The van der Waals surface area contributed by atoms with E-state index in [9.17, 15) is 14.7 Å². The van der Waals surface area contributed by atoms with Crippen molar-refractivity contribution < 1.29 is 38.0 Å². The first-order chi connectivity index (χ1) is 14.4. The van der Waals surface area contributed by atoms with Crippen molar-refractivity contribution in [2.75, 3.05) is 35.5 Å². The largest absolute Gasteiger partial charge is 0.493 e. The number of rotatable bonds is 7. The Morgan fingerprint density at radius 1 is 0.800 bits per heavy atom. The number of aromatic carboxylic acids is 1. The summed E-state index contributed by atoms with van der Waals surface area (Å²) in [5.74, 6) is -0.507. The lowest BCUT2D eigenvalue weighted by Crippen LogP contribution is -2.10. The Balaban J connectivity index is 2.55. The van der Waals surface area contributed by atoms with Crippen LogP contribution < -0.4 is 29.3 Å². The highest BCUT2D eigenvalue weighted by atomic mass is 16.5. The van der Waals surface area contributed by atoms with Crippen LogP contribution >= 0.6 is 0 Å². The molecule has 9 nitrogen and oxygen atoms in total. The second-order valence-electron chi connectivity index (χ2n) is 6.03. The fourth-order valence-electron chi connectivity index (χ4n) is 3.29. The van der Waals surface area contributed by atoms with Gasteiger partial charge in [-0.25, -0.2) is 9.59 Å². The first kappa shape index (κ1) is 20.8. The van der Waals surface area contributed by atoms with Gasteiger partial charge in [-0.1, -0.05) is 0 Å². The predicted molar refractivity (Wildman–Crippen MR) is 108 cm³/mol. The highest BCUT2D eigenvalue weighted by Gasteiger charge is 2.27. The van der Waals surface area contributed by atoms with Crippen LogP contribution in [0.5, 0.6) is 28.7 Å². The van der Waals surface area contributed by atoms with Crippen molar-refractivity contribution in [1.82, 2.24) is 0 Å². The first-order valence-electron chi connectivity index (χ1n) is 8.67. The topological polar surface area (TPSA) is 114 Å². The highest BCUT2D eigenvalue weighted by Crippen LogP contribution is 2.47. The number of fused-ring (bicyclic) bond motifs is 1. The van der Waals surface area contributed by atoms with Crippen LogP contribution in [0.25, 0.3) is 21.9 Å². The van der Waals surface area contributed by atoms with E-state index >= 15 is 0 Å². The minimum atomic E-state index is -1.42. The summed E-state index contributed by atoms with van der Waals surface area (Å²) in [6, 6.07) is 6.14. The number of hydrogen-bond donors (Lipinski definition) is 1. The van der Waals surface area contributed by atoms with E-state index in [4.69, 9.17) is 28.1 Å². The van der Waals surface area contributed by atoms with Crippen LogP contribution in [0.3, 0.4) is 0 Å². The Morgan fingerprint density at radius 2 is 1.37 bits per heavy atom. The van der Waals surface area contributed by atoms with E-state index in [2.05, 4.69) is 0 Å². The van der Waals surface area contributed by atoms with Gasteiger partial charge in [0.05, 0.1) is 40.9 Å². The molecule has 1 aromatic heterocycles. The van der Waals surface area contributed by atoms with E-state index in [1.54, 1.807) is 12.1 Å². The molecule has 1 heterocycles. The average molecular weight is 416 g/mol. The van der Waals surface area contributed by atoms with Crippen LogP contribution in [-0.2, 0) is 0 Å². The minimum absolute atomic E-state index is 0.115. The normalized spacial score (nSPS) is 10.6. The number of hydrogen-bond acceptors (Lipinski definition) is 8. The second kappa shape index (κ2) is 8.24. The maximum Gasteiger partial charge on any atom is 0.372 e. The zero-order valence-corrected chi connectivity index (χ0v) is 17.0. The van der Waals surface area contributed by atoms with Gasteiger partial charge in [0.2, 0.25) is 11.5 Å². The summed E-state index contributed by atoms with van der Waals surface area (Å²) >= 11 is 0. The van der Waals surface area contributed by atoms with Crippen LogP contribution in [0.4, 0.5) is 0 Å². The summed E-state index contributed by atoms with van der Waals surface area (Å²) in [5.41, 5.74) is -0.379. The van der Waals surface area contributed by atoms with Gasteiger partial charge >= 0.3 is 11.6 Å². The lowest BCUT2D eigenvalue weighted by atomic mass is 9.96. The molecule has 2 aromatic carbocycles. The van der Waals surface area contributed by atoms with Gasteiger partial charge in [-0.05, 0) is 24.3 Å². The highest BCUT2D eigenvalue weighted by molar-refractivity contribution is 6.07. The Morgan fingerprint density at radius 3 is 1.87 bits per heavy atom. The zero-order chi connectivity index (χ0) is 22.0. The molecule has 0 aliphatic heterocycles. The van der Waals surface area contributed by atoms with Crippen LogP contribution in [0.1, 0.15) is 10.6 Å². The van der Waals surface area contributed by atoms with E-state index in [-0.39, 0.29) is 27.8 Å². The summed E-state index contributed by atoms with van der Waals surface area (Å²) in [5, 5.41) is 10.1. The fourth-order valence-corrected chi connectivity index (χ4v) is 3.29. The van der Waals surface area contributed by atoms with Gasteiger partial charge in [-0.2, -0.15) is 0 Å². The molecule has 158 valence electrons. The number of carboxylic acids is 1. The van der Waals surface area contributed by atoms with Gasteiger partial charge in [0, 0.05) is 16.5 Å². The molecule has 0 amide bonds. The molecular weight excluding hydrogens is 396 g/mol. The van der Waals surface area contributed by atoms with Crippen LogP contribution in [0.2, 0.25) is 0 Å². The van der Waals surface area contributed by atoms with Gasteiger partial charge < -0.3 is 33.2 Å². The Labute approximate surface area is 171 Å². The summed E-state index contributed by atoms with van der Waals surface area (Å²) in [6.07, 6.45) is 0. The van der Waals surface area contributed by atoms with Crippen molar-refractivity contribution in [3.63, 3.8) is 0 Å². The SMILES string of the molecule is COc1cc2c(-c3ccc(OC)c(OC)c3OC)c(C(=O)O)oc(=O)c2cc1OC.